The molecule has 0 amide bonds. The van der Waals surface area contributed by atoms with Crippen molar-refractivity contribution in [2.45, 2.75) is 45.3 Å². The molecule has 6 heteroatoms. The van der Waals surface area contributed by atoms with Crippen LogP contribution in [0.15, 0.2) is 79.4 Å². The van der Waals surface area contributed by atoms with E-state index in [0.29, 0.717) is 6.61 Å². The standard InChI is InChI=1S/C26H32N4O2/c1-3-5-20-29(21-22-14-8-6-9-15-22)25(18-10-7-11-19-26(31)32-4-2)30-27-23-16-12-13-17-24(23)28-30/h3,6,8-9,11-17,19,25H,1,4-5,7,10,18,20-21H2,2H3/b19-11+. The van der Waals surface area contributed by atoms with Crippen LogP contribution in [-0.2, 0) is 16.1 Å². The van der Waals surface area contributed by atoms with Crippen LogP contribution in [0.3, 0.4) is 0 Å². The van der Waals surface area contributed by atoms with Crippen molar-refractivity contribution in [2.75, 3.05) is 13.2 Å². The number of fused-ring (bicyclic) bond motifs is 1. The summed E-state index contributed by atoms with van der Waals surface area (Å²) in [6.07, 6.45) is 8.77. The molecule has 0 bridgehead atoms. The fraction of sp³-hybridized carbons (Fsp3) is 0.346. The Morgan fingerprint density at radius 1 is 1.09 bits per heavy atom. The van der Waals surface area contributed by atoms with E-state index in [1.807, 2.05) is 54.2 Å². The highest BCUT2D eigenvalue weighted by atomic mass is 16.5. The van der Waals surface area contributed by atoms with Gasteiger partial charge in [0.25, 0.3) is 0 Å². The van der Waals surface area contributed by atoms with Crippen molar-refractivity contribution in [3.8, 4) is 0 Å². The molecule has 0 aliphatic carbocycles. The zero-order valence-corrected chi connectivity index (χ0v) is 18.8. The number of aromatic nitrogens is 3. The highest BCUT2D eigenvalue weighted by Gasteiger charge is 2.22. The zero-order valence-electron chi connectivity index (χ0n) is 18.8. The summed E-state index contributed by atoms with van der Waals surface area (Å²) < 4.78 is 4.95. The highest BCUT2D eigenvalue weighted by molar-refractivity contribution is 5.81. The van der Waals surface area contributed by atoms with E-state index in [2.05, 4.69) is 35.7 Å². The molecular formula is C26H32N4O2. The number of hydrogen-bond donors (Lipinski definition) is 0. The zero-order chi connectivity index (χ0) is 22.6. The third-order valence-corrected chi connectivity index (χ3v) is 5.21. The monoisotopic (exact) mass is 432 g/mol. The maximum atomic E-state index is 11.5. The van der Waals surface area contributed by atoms with Gasteiger partial charge < -0.3 is 4.74 Å². The summed E-state index contributed by atoms with van der Waals surface area (Å²) in [5, 5.41) is 9.56. The SMILES string of the molecule is C=CCCN(Cc1ccccc1)C(CCC/C=C/C(=O)OCC)n1nc2ccccc2n1. The quantitative estimate of drug-likeness (QED) is 0.159. The molecule has 0 fully saturated rings. The molecule has 1 heterocycles. The van der Waals surface area contributed by atoms with Crippen LogP contribution in [-0.4, -0.2) is 39.0 Å². The number of carbonyl (C=O) groups excluding carboxylic acids is 1. The van der Waals surface area contributed by atoms with Crippen molar-refractivity contribution in [2.24, 2.45) is 0 Å². The van der Waals surface area contributed by atoms with E-state index < -0.39 is 0 Å². The number of ether oxygens (including phenoxy) is 1. The molecule has 0 radical (unpaired) electrons. The lowest BCUT2D eigenvalue weighted by Crippen LogP contribution is -2.34. The first-order valence-corrected chi connectivity index (χ1v) is 11.2. The smallest absolute Gasteiger partial charge is 0.330 e. The molecule has 0 spiro atoms. The second-order valence-corrected chi connectivity index (χ2v) is 7.61. The predicted octanol–water partition coefficient (Wildman–Crippen LogP) is 5.30. The molecule has 0 saturated carbocycles. The van der Waals surface area contributed by atoms with Gasteiger partial charge in [0, 0.05) is 19.2 Å². The number of esters is 1. The van der Waals surface area contributed by atoms with Crippen molar-refractivity contribution in [1.29, 1.82) is 0 Å². The van der Waals surface area contributed by atoms with E-state index >= 15 is 0 Å². The van der Waals surface area contributed by atoms with E-state index in [1.165, 1.54) is 11.6 Å². The molecule has 0 saturated heterocycles. The number of unbranched alkanes of at least 4 members (excludes halogenated alkanes) is 1. The number of hydrogen-bond acceptors (Lipinski definition) is 5. The normalized spacial score (nSPS) is 12.4. The molecule has 0 aliphatic rings. The van der Waals surface area contributed by atoms with Gasteiger partial charge in [-0.15, -0.1) is 6.58 Å². The van der Waals surface area contributed by atoms with Crippen LogP contribution in [0.25, 0.3) is 11.0 Å². The van der Waals surface area contributed by atoms with Crippen LogP contribution in [0.1, 0.15) is 44.3 Å². The number of carbonyl (C=O) groups is 1. The van der Waals surface area contributed by atoms with Crippen molar-refractivity contribution in [3.05, 3.63) is 85.0 Å². The lowest BCUT2D eigenvalue weighted by atomic mass is 10.1. The van der Waals surface area contributed by atoms with Crippen LogP contribution in [0.5, 0.6) is 0 Å². The molecule has 1 aromatic heterocycles. The van der Waals surface area contributed by atoms with Gasteiger partial charge >= 0.3 is 5.97 Å². The number of rotatable bonds is 13. The third kappa shape index (κ3) is 6.89. The molecular weight excluding hydrogens is 400 g/mol. The van der Waals surface area contributed by atoms with Gasteiger partial charge in [0.1, 0.15) is 17.2 Å². The fourth-order valence-corrected chi connectivity index (χ4v) is 3.65. The molecule has 2 aromatic carbocycles. The van der Waals surface area contributed by atoms with E-state index in [9.17, 15) is 4.79 Å². The van der Waals surface area contributed by atoms with Crippen LogP contribution < -0.4 is 0 Å². The molecule has 1 unspecified atom stereocenters. The largest absolute Gasteiger partial charge is 0.463 e. The Bertz CT molecular complexity index is 980. The third-order valence-electron chi connectivity index (χ3n) is 5.21. The molecule has 3 aromatic rings. The molecule has 0 aliphatic heterocycles. The van der Waals surface area contributed by atoms with E-state index in [0.717, 1.165) is 49.8 Å². The van der Waals surface area contributed by atoms with Gasteiger partial charge in [-0.1, -0.05) is 54.6 Å². The van der Waals surface area contributed by atoms with Gasteiger partial charge in [0.05, 0.1) is 6.61 Å². The van der Waals surface area contributed by atoms with Gasteiger partial charge in [-0.25, -0.2) is 4.79 Å². The average molecular weight is 433 g/mol. The first kappa shape index (κ1) is 23.4. The summed E-state index contributed by atoms with van der Waals surface area (Å²) in [6.45, 7) is 7.77. The predicted molar refractivity (Wildman–Crippen MR) is 128 cm³/mol. The Morgan fingerprint density at radius 2 is 1.78 bits per heavy atom. The number of benzene rings is 2. The molecule has 0 N–H and O–H groups in total. The molecule has 32 heavy (non-hydrogen) atoms. The Hall–Kier alpha value is -3.25. The lowest BCUT2D eigenvalue weighted by Gasteiger charge is -2.31. The first-order chi connectivity index (χ1) is 15.7. The van der Waals surface area contributed by atoms with Crippen LogP contribution in [0.2, 0.25) is 0 Å². The topological polar surface area (TPSA) is 60.2 Å². The molecule has 6 nitrogen and oxygen atoms in total. The maximum Gasteiger partial charge on any atom is 0.330 e. The fourth-order valence-electron chi connectivity index (χ4n) is 3.65. The van der Waals surface area contributed by atoms with Gasteiger partial charge in [-0.05, 0) is 50.3 Å². The van der Waals surface area contributed by atoms with Crippen LogP contribution in [0.4, 0.5) is 0 Å². The second-order valence-electron chi connectivity index (χ2n) is 7.61. The van der Waals surface area contributed by atoms with E-state index in [4.69, 9.17) is 14.9 Å². The lowest BCUT2D eigenvalue weighted by molar-refractivity contribution is -0.137. The van der Waals surface area contributed by atoms with Gasteiger partial charge in [-0.3, -0.25) is 4.90 Å². The van der Waals surface area contributed by atoms with Gasteiger partial charge in [0.2, 0.25) is 0 Å². The van der Waals surface area contributed by atoms with Crippen molar-refractivity contribution in [1.82, 2.24) is 19.9 Å². The minimum atomic E-state index is -0.291. The van der Waals surface area contributed by atoms with Gasteiger partial charge in [-0.2, -0.15) is 15.0 Å². The number of nitrogens with zero attached hydrogens (tertiary/aromatic N) is 4. The Labute approximate surface area is 190 Å². The second kappa shape index (κ2) is 12.6. The highest BCUT2D eigenvalue weighted by Crippen LogP contribution is 2.24. The summed E-state index contributed by atoms with van der Waals surface area (Å²) in [4.78, 5) is 15.8. The number of allylic oxidation sites excluding steroid dienone is 1. The summed E-state index contributed by atoms with van der Waals surface area (Å²) in [5.41, 5.74) is 3.03. The van der Waals surface area contributed by atoms with Crippen molar-refractivity contribution >= 4 is 17.0 Å². The van der Waals surface area contributed by atoms with Crippen molar-refractivity contribution in [3.63, 3.8) is 0 Å². The summed E-state index contributed by atoms with van der Waals surface area (Å²) in [7, 11) is 0. The van der Waals surface area contributed by atoms with E-state index in [-0.39, 0.29) is 12.1 Å². The van der Waals surface area contributed by atoms with Crippen LogP contribution >= 0.6 is 0 Å². The molecule has 168 valence electrons. The Kier molecular flexibility index (Phi) is 9.20. The summed E-state index contributed by atoms with van der Waals surface area (Å²) in [5.74, 6) is -0.291. The minimum Gasteiger partial charge on any atom is -0.463 e. The minimum absolute atomic E-state index is 0.00134. The van der Waals surface area contributed by atoms with Crippen molar-refractivity contribution < 1.29 is 9.53 Å². The Balaban J connectivity index is 1.79. The first-order valence-electron chi connectivity index (χ1n) is 11.2. The average Bonchev–Trinajstić information content (AvgIpc) is 3.24. The Morgan fingerprint density at radius 3 is 2.44 bits per heavy atom. The maximum absolute atomic E-state index is 11.5. The van der Waals surface area contributed by atoms with Gasteiger partial charge in [0.15, 0.2) is 0 Å². The molecule has 3 rings (SSSR count). The molecule has 1 atom stereocenters. The van der Waals surface area contributed by atoms with Crippen LogP contribution in [0, 0.1) is 0 Å². The van der Waals surface area contributed by atoms with E-state index in [1.54, 1.807) is 0 Å². The summed E-state index contributed by atoms with van der Waals surface area (Å²) >= 11 is 0. The summed E-state index contributed by atoms with van der Waals surface area (Å²) in [6, 6.07) is 18.4.